The summed E-state index contributed by atoms with van der Waals surface area (Å²) in [7, 11) is 4.01. The number of ketones is 2. The average molecular weight is 1000 g/mol. The van der Waals surface area contributed by atoms with Gasteiger partial charge in [-0.05, 0) is 97.0 Å². The van der Waals surface area contributed by atoms with Crippen LogP contribution in [0.4, 0.5) is 38.5 Å². The SMILES string of the molecule is CN1CCN(C(=O)N(Cc2ccc(C(=O)CN)cc2F)c2ccc(-c3ccncc3)cc2)CC1.CN1CCN(C(=O)N(Cc2ccc(C(=O)CNC(=O)C(F)F)cc2F)c2ccc(-c3ccncc3)cc2)CC1. The van der Waals surface area contributed by atoms with Crippen LogP contribution in [0, 0.1) is 11.6 Å². The second-order valence-corrected chi connectivity index (χ2v) is 17.6. The highest BCUT2D eigenvalue weighted by atomic mass is 19.3. The van der Waals surface area contributed by atoms with Gasteiger partial charge < -0.3 is 30.7 Å². The number of nitrogens with two attached hydrogens (primary N) is 1. The third-order valence-electron chi connectivity index (χ3n) is 12.6. The summed E-state index contributed by atoms with van der Waals surface area (Å²) < 4.78 is 54.8. The van der Waals surface area contributed by atoms with Crippen LogP contribution in [0.2, 0.25) is 0 Å². The lowest BCUT2D eigenvalue weighted by Crippen LogP contribution is -2.52. The minimum atomic E-state index is -3.25. The smallest absolute Gasteiger partial charge is 0.324 e. The van der Waals surface area contributed by atoms with Crippen molar-refractivity contribution in [3.8, 4) is 22.3 Å². The van der Waals surface area contributed by atoms with E-state index in [1.54, 1.807) is 63.8 Å². The molecule has 380 valence electrons. The summed E-state index contributed by atoms with van der Waals surface area (Å²) in [5.74, 6) is -3.89. The maximum Gasteiger partial charge on any atom is 0.324 e. The van der Waals surface area contributed by atoms with Gasteiger partial charge >= 0.3 is 18.5 Å². The Morgan fingerprint density at radius 1 is 0.548 bits per heavy atom. The highest BCUT2D eigenvalue weighted by Gasteiger charge is 2.29. The first kappa shape index (κ1) is 52.9. The van der Waals surface area contributed by atoms with Gasteiger partial charge in [0.1, 0.15) is 11.6 Å². The summed E-state index contributed by atoms with van der Waals surface area (Å²) in [6.07, 6.45) is 3.59. The Morgan fingerprint density at radius 2 is 0.918 bits per heavy atom. The maximum absolute atomic E-state index is 15.1. The molecule has 73 heavy (non-hydrogen) atoms. The number of nitrogens with zero attached hydrogens (tertiary/aromatic N) is 8. The first-order valence-electron chi connectivity index (χ1n) is 23.6. The number of benzene rings is 4. The first-order chi connectivity index (χ1) is 35.2. The van der Waals surface area contributed by atoms with Crippen molar-refractivity contribution in [2.75, 3.05) is 89.3 Å². The van der Waals surface area contributed by atoms with Crippen LogP contribution in [0.15, 0.2) is 134 Å². The van der Waals surface area contributed by atoms with Crippen molar-refractivity contribution in [2.45, 2.75) is 19.5 Å². The van der Waals surface area contributed by atoms with Crippen LogP contribution in [0.3, 0.4) is 0 Å². The van der Waals surface area contributed by atoms with Crippen LogP contribution in [0.1, 0.15) is 31.8 Å². The number of carbonyl (C=O) groups excluding carboxylic acids is 5. The molecule has 2 aliphatic rings. The number of alkyl halides is 2. The Balaban J connectivity index is 0.000000216. The van der Waals surface area contributed by atoms with Crippen molar-refractivity contribution in [1.29, 1.82) is 0 Å². The first-order valence-corrected chi connectivity index (χ1v) is 23.6. The number of hydrogen-bond donors (Lipinski definition) is 2. The fraction of sp³-hybridized carbons (Fsp3) is 0.278. The molecule has 2 fully saturated rings. The quantitative estimate of drug-likeness (QED) is 0.0840. The Bertz CT molecular complexity index is 2850. The normalized spacial score (nSPS) is 14.0. The Kier molecular flexibility index (Phi) is 18.1. The summed E-state index contributed by atoms with van der Waals surface area (Å²) >= 11 is 0. The number of hydrogen-bond acceptors (Lipinski definition) is 10. The van der Waals surface area contributed by atoms with Gasteiger partial charge in [-0.25, -0.2) is 18.4 Å². The zero-order valence-corrected chi connectivity index (χ0v) is 40.5. The molecule has 2 aromatic heterocycles. The molecule has 3 N–H and O–H groups in total. The molecule has 2 aliphatic heterocycles. The minimum Gasteiger partial charge on any atom is -0.344 e. The Morgan fingerprint density at radius 3 is 1.27 bits per heavy atom. The highest BCUT2D eigenvalue weighted by molar-refractivity contribution is 6.00. The van der Waals surface area contributed by atoms with Crippen LogP contribution in [-0.4, -0.2) is 145 Å². The molecule has 0 aliphatic carbocycles. The fourth-order valence-electron chi connectivity index (χ4n) is 8.14. The van der Waals surface area contributed by atoms with Gasteiger partial charge in [-0.2, -0.15) is 8.78 Å². The molecule has 4 heterocycles. The molecule has 0 spiro atoms. The monoisotopic (exact) mass is 1000 g/mol. The predicted octanol–water partition coefficient (Wildman–Crippen LogP) is 7.23. The number of carbonyl (C=O) groups is 5. The largest absolute Gasteiger partial charge is 0.344 e. The molecule has 19 heteroatoms. The number of anilines is 2. The number of halogens is 4. The number of rotatable bonds is 14. The molecule has 0 radical (unpaired) electrons. The molecule has 0 bridgehead atoms. The van der Waals surface area contributed by atoms with Crippen molar-refractivity contribution in [2.24, 2.45) is 5.73 Å². The number of pyridine rings is 2. The van der Waals surface area contributed by atoms with Crippen LogP contribution >= 0.6 is 0 Å². The van der Waals surface area contributed by atoms with Crippen molar-refractivity contribution < 1.29 is 41.5 Å². The van der Waals surface area contributed by atoms with Crippen molar-refractivity contribution in [3.63, 3.8) is 0 Å². The van der Waals surface area contributed by atoms with Gasteiger partial charge in [-0.15, -0.1) is 0 Å². The van der Waals surface area contributed by atoms with E-state index in [2.05, 4.69) is 19.8 Å². The molecule has 4 aromatic carbocycles. The van der Waals surface area contributed by atoms with Gasteiger partial charge in [-0.3, -0.25) is 34.2 Å². The molecule has 0 atom stereocenters. The molecule has 15 nitrogen and oxygen atoms in total. The standard InChI is InChI=1S/C28H28F3N5O3.C26H28FN5O2/c1-34-12-14-35(15-13-34)28(39)36(23-6-4-19(5-7-23)20-8-10-32-11-9-20)18-22-3-2-21(16-24(22)29)25(37)17-33-27(38)26(30)31;1-30-12-14-31(15-13-30)26(34)32(18-22-3-2-21(16-24(22)27)25(33)17-28)23-6-4-19(5-7-23)20-8-10-29-11-9-20/h2-11,16,26H,12-15,17-18H2,1H3,(H,33,38);2-11,16H,12-15,17-18,28H2,1H3. The Labute approximate surface area is 420 Å². The summed E-state index contributed by atoms with van der Waals surface area (Å²) in [6.45, 7) is 4.35. The molecule has 0 saturated carbocycles. The summed E-state index contributed by atoms with van der Waals surface area (Å²) in [6, 6.07) is 30.1. The van der Waals surface area contributed by atoms with Crippen LogP contribution in [0.25, 0.3) is 22.3 Å². The second-order valence-electron chi connectivity index (χ2n) is 17.6. The number of likely N-dealkylation sites (N-methyl/N-ethyl adjacent to an activating group) is 2. The van der Waals surface area contributed by atoms with E-state index < -0.39 is 36.3 Å². The van der Waals surface area contributed by atoms with Gasteiger partial charge in [0, 0.05) is 111 Å². The predicted molar refractivity (Wildman–Crippen MR) is 270 cm³/mol. The topological polar surface area (TPSA) is 169 Å². The average Bonchev–Trinajstić information content (AvgIpc) is 3.42. The van der Waals surface area contributed by atoms with E-state index in [1.165, 1.54) is 23.1 Å². The minimum absolute atomic E-state index is 0.0444. The number of piperazine rings is 2. The zero-order valence-electron chi connectivity index (χ0n) is 40.5. The van der Waals surface area contributed by atoms with Gasteiger partial charge in [0.25, 0.3) is 5.91 Å². The number of amides is 5. The van der Waals surface area contributed by atoms with E-state index in [4.69, 9.17) is 5.73 Å². The van der Waals surface area contributed by atoms with E-state index in [0.29, 0.717) is 56.2 Å². The van der Waals surface area contributed by atoms with E-state index in [0.717, 1.165) is 41.4 Å². The second kappa shape index (κ2) is 25.0. The molecular formula is C54H56F4N10O5. The summed E-state index contributed by atoms with van der Waals surface area (Å²) in [5, 5.41) is 1.81. The number of aromatic nitrogens is 2. The number of nitrogens with one attached hydrogen (secondary N) is 1. The van der Waals surface area contributed by atoms with Gasteiger partial charge in [-0.1, -0.05) is 48.5 Å². The fourth-order valence-corrected chi connectivity index (χ4v) is 8.14. The molecule has 6 aromatic rings. The lowest BCUT2D eigenvalue weighted by molar-refractivity contribution is -0.131. The molecule has 5 amide bonds. The Hall–Kier alpha value is -7.87. The van der Waals surface area contributed by atoms with Crippen molar-refractivity contribution in [1.82, 2.24) is 34.9 Å². The lowest BCUT2D eigenvalue weighted by Gasteiger charge is -2.36. The van der Waals surface area contributed by atoms with E-state index in [1.807, 2.05) is 80.1 Å². The lowest BCUT2D eigenvalue weighted by atomic mass is 10.1. The number of Topliss-reactive ketones (excluding diaryl/α,β-unsaturated/α-hetero) is 2. The molecule has 2 saturated heterocycles. The van der Waals surface area contributed by atoms with Crippen LogP contribution in [0.5, 0.6) is 0 Å². The van der Waals surface area contributed by atoms with Gasteiger partial charge in [0.2, 0.25) is 0 Å². The summed E-state index contributed by atoms with van der Waals surface area (Å²) in [5.41, 5.74) is 11.2. The molecule has 8 rings (SSSR count). The highest BCUT2D eigenvalue weighted by Crippen LogP contribution is 2.28. The van der Waals surface area contributed by atoms with Crippen molar-refractivity contribution >= 4 is 40.9 Å². The van der Waals surface area contributed by atoms with Gasteiger partial charge in [0.15, 0.2) is 11.6 Å². The molecule has 0 unspecified atom stereocenters. The third-order valence-corrected chi connectivity index (χ3v) is 12.6. The van der Waals surface area contributed by atoms with E-state index >= 15 is 4.39 Å². The zero-order chi connectivity index (χ0) is 52.0. The van der Waals surface area contributed by atoms with E-state index in [9.17, 15) is 37.1 Å². The molecular weight excluding hydrogens is 945 g/mol. The number of urea groups is 2. The van der Waals surface area contributed by atoms with E-state index in [-0.39, 0.29) is 54.2 Å². The third kappa shape index (κ3) is 14.0. The van der Waals surface area contributed by atoms with Crippen LogP contribution in [-0.2, 0) is 17.9 Å². The van der Waals surface area contributed by atoms with Crippen molar-refractivity contribution in [3.05, 3.63) is 168 Å². The maximum atomic E-state index is 15.1. The van der Waals surface area contributed by atoms with Gasteiger partial charge in [0.05, 0.1) is 26.2 Å². The summed E-state index contributed by atoms with van der Waals surface area (Å²) in [4.78, 5) is 81.2. The van der Waals surface area contributed by atoms with Crippen LogP contribution < -0.4 is 20.9 Å².